The lowest BCUT2D eigenvalue weighted by Crippen LogP contribution is -2.40. The fraction of sp³-hybridized carbons (Fsp3) is 0.905. The summed E-state index contributed by atoms with van der Waals surface area (Å²) in [6, 6.07) is 0.610. The monoisotopic (exact) mass is 322 g/mol. The van der Waals surface area contributed by atoms with Crippen LogP contribution in [0.1, 0.15) is 104 Å². The summed E-state index contributed by atoms with van der Waals surface area (Å²) in [5.74, 6) is 0. The Balaban J connectivity index is 1.90. The van der Waals surface area contributed by atoms with Gasteiger partial charge in [-0.25, -0.2) is 0 Å². The zero-order valence-corrected chi connectivity index (χ0v) is 16.4. The Morgan fingerprint density at radius 3 is 1.70 bits per heavy atom. The molecule has 0 amide bonds. The maximum Gasteiger partial charge on any atom is 0.101 e. The van der Waals surface area contributed by atoms with Crippen molar-refractivity contribution in [2.24, 2.45) is 0 Å². The van der Waals surface area contributed by atoms with Crippen LogP contribution in [0.25, 0.3) is 0 Å². The summed E-state index contributed by atoms with van der Waals surface area (Å²) in [7, 11) is 2.21. The molecule has 0 bridgehead atoms. The molecule has 2 nitrogen and oxygen atoms in total. The van der Waals surface area contributed by atoms with Gasteiger partial charge in [0.15, 0.2) is 0 Å². The van der Waals surface area contributed by atoms with Crippen LogP contribution in [0.3, 0.4) is 0 Å². The van der Waals surface area contributed by atoms with Crippen molar-refractivity contribution in [3.8, 4) is 0 Å². The number of hydrogen-bond donors (Lipinski definition) is 0. The van der Waals surface area contributed by atoms with E-state index in [2.05, 4.69) is 50.0 Å². The lowest BCUT2D eigenvalue weighted by atomic mass is 10.0. The van der Waals surface area contributed by atoms with E-state index in [-0.39, 0.29) is 0 Å². The highest BCUT2D eigenvalue weighted by Crippen LogP contribution is 2.22. The van der Waals surface area contributed by atoms with Gasteiger partial charge >= 0.3 is 0 Å². The average Bonchev–Trinajstić information content (AvgIpc) is 2.89. The second kappa shape index (κ2) is 12.7. The normalized spacial score (nSPS) is 17.7. The highest BCUT2D eigenvalue weighted by Gasteiger charge is 2.24. The van der Waals surface area contributed by atoms with E-state index in [0.29, 0.717) is 12.2 Å². The first kappa shape index (κ1) is 20.4. The summed E-state index contributed by atoms with van der Waals surface area (Å²) >= 11 is 0. The summed E-state index contributed by atoms with van der Waals surface area (Å²) in [5, 5.41) is 0. The smallest absolute Gasteiger partial charge is 0.101 e. The SMILES string of the molecule is CCCCCCCCCCCCCCC1N(C)C=CN1C(C)C. The minimum absolute atomic E-state index is 0.595. The number of nitrogens with zero attached hydrogens (tertiary/aromatic N) is 2. The van der Waals surface area contributed by atoms with Gasteiger partial charge in [-0.3, -0.25) is 0 Å². The fourth-order valence-electron chi connectivity index (χ4n) is 3.63. The van der Waals surface area contributed by atoms with Gasteiger partial charge in [0.25, 0.3) is 0 Å². The average molecular weight is 323 g/mol. The van der Waals surface area contributed by atoms with Crippen molar-refractivity contribution in [2.45, 2.75) is 116 Å². The van der Waals surface area contributed by atoms with Crippen molar-refractivity contribution in [3.05, 3.63) is 12.4 Å². The van der Waals surface area contributed by atoms with Gasteiger partial charge in [-0.05, 0) is 26.7 Å². The van der Waals surface area contributed by atoms with Crippen LogP contribution in [0.5, 0.6) is 0 Å². The van der Waals surface area contributed by atoms with Crippen molar-refractivity contribution in [3.63, 3.8) is 0 Å². The van der Waals surface area contributed by atoms with Gasteiger partial charge in [0.05, 0.1) is 0 Å². The Morgan fingerprint density at radius 1 is 0.739 bits per heavy atom. The molecule has 0 fully saturated rings. The van der Waals surface area contributed by atoms with E-state index in [9.17, 15) is 0 Å². The van der Waals surface area contributed by atoms with Crippen LogP contribution in [0.4, 0.5) is 0 Å². The largest absolute Gasteiger partial charge is 0.359 e. The summed E-state index contributed by atoms with van der Waals surface area (Å²) in [6.45, 7) is 6.87. The minimum Gasteiger partial charge on any atom is -0.359 e. The van der Waals surface area contributed by atoms with Gasteiger partial charge in [0.2, 0.25) is 0 Å². The van der Waals surface area contributed by atoms with Crippen LogP contribution in [0.2, 0.25) is 0 Å². The number of unbranched alkanes of at least 4 members (excludes halogenated alkanes) is 11. The van der Waals surface area contributed by atoms with Gasteiger partial charge in [-0.15, -0.1) is 0 Å². The lowest BCUT2D eigenvalue weighted by Gasteiger charge is -2.33. The second-order valence-corrected chi connectivity index (χ2v) is 7.66. The fourth-order valence-corrected chi connectivity index (χ4v) is 3.63. The molecule has 2 heteroatoms. The Bertz CT molecular complexity index is 298. The molecule has 0 aromatic rings. The van der Waals surface area contributed by atoms with E-state index >= 15 is 0 Å². The molecular weight excluding hydrogens is 280 g/mol. The van der Waals surface area contributed by atoms with Gasteiger partial charge in [0, 0.05) is 25.5 Å². The van der Waals surface area contributed by atoms with Crippen molar-refractivity contribution in [1.82, 2.24) is 9.80 Å². The molecular formula is C21H42N2. The quantitative estimate of drug-likeness (QED) is 0.335. The van der Waals surface area contributed by atoms with E-state index in [1.807, 2.05) is 0 Å². The zero-order valence-electron chi connectivity index (χ0n) is 16.4. The van der Waals surface area contributed by atoms with Crippen LogP contribution in [-0.2, 0) is 0 Å². The summed E-state index contributed by atoms with van der Waals surface area (Å²) in [6.07, 6.45) is 23.6. The highest BCUT2D eigenvalue weighted by molar-refractivity contribution is 4.96. The first-order valence-corrected chi connectivity index (χ1v) is 10.3. The van der Waals surface area contributed by atoms with E-state index < -0.39 is 0 Å². The Hall–Kier alpha value is -0.660. The molecule has 0 spiro atoms. The highest BCUT2D eigenvalue weighted by atomic mass is 15.4. The van der Waals surface area contributed by atoms with Crippen LogP contribution < -0.4 is 0 Å². The van der Waals surface area contributed by atoms with Crippen molar-refractivity contribution in [2.75, 3.05) is 7.05 Å². The first-order valence-electron chi connectivity index (χ1n) is 10.3. The summed E-state index contributed by atoms with van der Waals surface area (Å²) < 4.78 is 0. The van der Waals surface area contributed by atoms with E-state index in [0.717, 1.165) is 0 Å². The zero-order chi connectivity index (χ0) is 16.9. The molecule has 0 radical (unpaired) electrons. The van der Waals surface area contributed by atoms with Crippen LogP contribution in [0.15, 0.2) is 12.4 Å². The maximum absolute atomic E-state index is 2.50. The molecule has 1 unspecified atom stereocenters. The Kier molecular flexibility index (Phi) is 11.3. The molecule has 136 valence electrons. The molecule has 1 aliphatic heterocycles. The van der Waals surface area contributed by atoms with Crippen LogP contribution in [-0.4, -0.2) is 29.1 Å². The summed E-state index contributed by atoms with van der Waals surface area (Å²) in [5.41, 5.74) is 0. The summed E-state index contributed by atoms with van der Waals surface area (Å²) in [4.78, 5) is 4.87. The van der Waals surface area contributed by atoms with E-state index in [1.165, 1.54) is 83.5 Å². The molecule has 0 N–H and O–H groups in total. The topological polar surface area (TPSA) is 6.48 Å². The molecule has 1 atom stereocenters. The van der Waals surface area contributed by atoms with Crippen molar-refractivity contribution >= 4 is 0 Å². The minimum atomic E-state index is 0.595. The number of rotatable bonds is 14. The van der Waals surface area contributed by atoms with Crippen molar-refractivity contribution in [1.29, 1.82) is 0 Å². The molecule has 0 aliphatic carbocycles. The molecule has 1 aliphatic rings. The first-order chi connectivity index (χ1) is 11.2. The van der Waals surface area contributed by atoms with Crippen LogP contribution in [0, 0.1) is 0 Å². The van der Waals surface area contributed by atoms with Crippen LogP contribution >= 0.6 is 0 Å². The molecule has 0 aromatic carbocycles. The molecule has 0 saturated heterocycles. The third kappa shape index (κ3) is 8.67. The second-order valence-electron chi connectivity index (χ2n) is 7.66. The van der Waals surface area contributed by atoms with Gasteiger partial charge in [-0.2, -0.15) is 0 Å². The van der Waals surface area contributed by atoms with Gasteiger partial charge < -0.3 is 9.80 Å². The molecule has 0 saturated carbocycles. The predicted molar refractivity (Wildman–Crippen MR) is 103 cm³/mol. The lowest BCUT2D eigenvalue weighted by molar-refractivity contribution is 0.134. The standard InChI is InChI=1S/C21H42N2/c1-5-6-7-8-9-10-11-12-13-14-15-16-17-21-22(4)18-19-23(21)20(2)3/h18-21H,5-17H2,1-4H3. The van der Waals surface area contributed by atoms with E-state index in [1.54, 1.807) is 0 Å². The molecule has 23 heavy (non-hydrogen) atoms. The molecule has 1 rings (SSSR count). The van der Waals surface area contributed by atoms with Gasteiger partial charge in [-0.1, -0.05) is 77.6 Å². The van der Waals surface area contributed by atoms with Gasteiger partial charge in [0.1, 0.15) is 6.17 Å². The van der Waals surface area contributed by atoms with Crippen molar-refractivity contribution < 1.29 is 0 Å². The molecule has 0 aromatic heterocycles. The van der Waals surface area contributed by atoms with E-state index in [4.69, 9.17) is 0 Å². The Morgan fingerprint density at radius 2 is 1.22 bits per heavy atom. The third-order valence-electron chi connectivity index (χ3n) is 5.20. The maximum atomic E-state index is 2.50. The Labute approximate surface area is 146 Å². The number of hydrogen-bond acceptors (Lipinski definition) is 2. The predicted octanol–water partition coefficient (Wildman–Crippen LogP) is 6.53. The third-order valence-corrected chi connectivity index (χ3v) is 5.20. The molecule has 1 heterocycles.